The van der Waals surface area contributed by atoms with Crippen LogP contribution in [0, 0.1) is 6.92 Å². The Morgan fingerprint density at radius 1 is 1.27 bits per heavy atom. The smallest absolute Gasteiger partial charge is 0.248 e. The van der Waals surface area contributed by atoms with Crippen LogP contribution in [-0.4, -0.2) is 4.98 Å². The van der Waals surface area contributed by atoms with Crippen LogP contribution in [0.2, 0.25) is 5.02 Å². The van der Waals surface area contributed by atoms with Gasteiger partial charge < -0.3 is 4.98 Å². The van der Waals surface area contributed by atoms with Crippen molar-refractivity contribution in [3.8, 4) is 11.1 Å². The highest BCUT2D eigenvalue weighted by Gasteiger charge is 2.04. The maximum absolute atomic E-state index is 11.2. The molecule has 1 aromatic heterocycles. The summed E-state index contributed by atoms with van der Waals surface area (Å²) >= 11 is 6.02. The molecular weight excluding hydrogens is 210 g/mol. The number of hydrogen-bond acceptors (Lipinski definition) is 1. The lowest BCUT2D eigenvalue weighted by Crippen LogP contribution is -2.02. The first-order valence-corrected chi connectivity index (χ1v) is 5.00. The van der Waals surface area contributed by atoms with Gasteiger partial charge in [-0.2, -0.15) is 0 Å². The zero-order chi connectivity index (χ0) is 10.8. The van der Waals surface area contributed by atoms with E-state index in [4.69, 9.17) is 11.6 Å². The molecule has 3 heteroatoms. The Labute approximate surface area is 92.5 Å². The average molecular weight is 220 g/mol. The fourth-order valence-corrected chi connectivity index (χ4v) is 1.71. The van der Waals surface area contributed by atoms with E-state index >= 15 is 0 Å². The normalized spacial score (nSPS) is 10.3. The fourth-order valence-electron chi connectivity index (χ4n) is 1.53. The molecule has 2 rings (SSSR count). The summed E-state index contributed by atoms with van der Waals surface area (Å²) in [5, 5.41) is 0.716. The van der Waals surface area contributed by atoms with Crippen LogP contribution in [0.1, 0.15) is 5.56 Å². The Morgan fingerprint density at radius 3 is 2.80 bits per heavy atom. The average Bonchev–Trinajstić information content (AvgIpc) is 2.22. The molecule has 0 unspecified atom stereocenters. The van der Waals surface area contributed by atoms with Crippen LogP contribution in [0.15, 0.2) is 41.3 Å². The maximum Gasteiger partial charge on any atom is 0.248 e. The Kier molecular flexibility index (Phi) is 2.60. The third kappa shape index (κ3) is 1.95. The summed E-state index contributed by atoms with van der Waals surface area (Å²) in [5.41, 5.74) is 2.77. The van der Waals surface area contributed by atoms with Gasteiger partial charge in [-0.25, -0.2) is 0 Å². The molecule has 0 saturated heterocycles. The molecule has 0 radical (unpaired) electrons. The topological polar surface area (TPSA) is 32.9 Å². The molecule has 0 aliphatic rings. The molecule has 0 bridgehead atoms. The molecule has 15 heavy (non-hydrogen) atoms. The predicted molar refractivity (Wildman–Crippen MR) is 62.2 cm³/mol. The number of hydrogen-bond donors (Lipinski definition) is 1. The summed E-state index contributed by atoms with van der Waals surface area (Å²) in [6.45, 7) is 1.94. The number of H-pyrrole nitrogens is 1. The van der Waals surface area contributed by atoms with Crippen LogP contribution in [0.5, 0.6) is 0 Å². The molecule has 0 fully saturated rings. The minimum Gasteiger partial charge on any atom is -0.329 e. The Hall–Kier alpha value is -1.54. The second-order valence-electron chi connectivity index (χ2n) is 3.35. The molecule has 1 aromatic carbocycles. The Bertz CT molecular complexity index is 545. The Balaban J connectivity index is 2.64. The molecule has 1 heterocycles. The van der Waals surface area contributed by atoms with E-state index in [1.54, 1.807) is 12.3 Å². The first-order valence-electron chi connectivity index (χ1n) is 4.63. The van der Waals surface area contributed by atoms with Gasteiger partial charge in [-0.1, -0.05) is 23.7 Å². The number of aromatic nitrogens is 1. The van der Waals surface area contributed by atoms with E-state index in [9.17, 15) is 4.79 Å². The van der Waals surface area contributed by atoms with E-state index in [2.05, 4.69) is 4.98 Å². The fraction of sp³-hybridized carbons (Fsp3) is 0.0833. The first kappa shape index (κ1) is 9.99. The van der Waals surface area contributed by atoms with Crippen molar-refractivity contribution in [3.05, 3.63) is 57.5 Å². The molecular formula is C12H10ClNO. The van der Waals surface area contributed by atoms with Gasteiger partial charge >= 0.3 is 0 Å². The SMILES string of the molecule is Cc1c(Cl)cccc1-c1cc[nH]c(=O)c1. The minimum atomic E-state index is -0.105. The minimum absolute atomic E-state index is 0.105. The molecule has 76 valence electrons. The summed E-state index contributed by atoms with van der Waals surface area (Å²) in [6.07, 6.45) is 1.64. The van der Waals surface area contributed by atoms with Gasteiger partial charge in [0, 0.05) is 17.3 Å². The lowest BCUT2D eigenvalue weighted by molar-refractivity contribution is 1.24. The van der Waals surface area contributed by atoms with Crippen molar-refractivity contribution in [2.45, 2.75) is 6.92 Å². The number of nitrogens with one attached hydrogen (secondary N) is 1. The molecule has 0 amide bonds. The van der Waals surface area contributed by atoms with Crippen molar-refractivity contribution in [2.75, 3.05) is 0 Å². The van der Waals surface area contributed by atoms with Crippen molar-refractivity contribution in [1.29, 1.82) is 0 Å². The third-order valence-electron chi connectivity index (χ3n) is 2.35. The lowest BCUT2D eigenvalue weighted by Gasteiger charge is -2.06. The zero-order valence-corrected chi connectivity index (χ0v) is 9.01. The van der Waals surface area contributed by atoms with Crippen molar-refractivity contribution in [1.82, 2.24) is 4.98 Å². The summed E-state index contributed by atoms with van der Waals surface area (Å²) in [7, 11) is 0. The number of halogens is 1. The van der Waals surface area contributed by atoms with E-state index < -0.39 is 0 Å². The monoisotopic (exact) mass is 219 g/mol. The highest BCUT2D eigenvalue weighted by molar-refractivity contribution is 6.31. The second kappa shape index (κ2) is 3.91. The largest absolute Gasteiger partial charge is 0.329 e. The van der Waals surface area contributed by atoms with Crippen LogP contribution in [0.4, 0.5) is 0 Å². The quantitative estimate of drug-likeness (QED) is 0.786. The van der Waals surface area contributed by atoms with Crippen molar-refractivity contribution in [3.63, 3.8) is 0 Å². The highest BCUT2D eigenvalue weighted by atomic mass is 35.5. The molecule has 2 aromatic rings. The van der Waals surface area contributed by atoms with Gasteiger partial charge in [0.15, 0.2) is 0 Å². The molecule has 0 aliphatic carbocycles. The zero-order valence-electron chi connectivity index (χ0n) is 8.25. The van der Waals surface area contributed by atoms with E-state index in [-0.39, 0.29) is 5.56 Å². The molecule has 0 spiro atoms. The van der Waals surface area contributed by atoms with Crippen LogP contribution < -0.4 is 5.56 Å². The lowest BCUT2D eigenvalue weighted by atomic mass is 10.0. The van der Waals surface area contributed by atoms with Gasteiger partial charge in [0.1, 0.15) is 0 Å². The van der Waals surface area contributed by atoms with Crippen LogP contribution in [0.3, 0.4) is 0 Å². The Morgan fingerprint density at radius 2 is 2.07 bits per heavy atom. The van der Waals surface area contributed by atoms with E-state index in [1.807, 2.05) is 31.2 Å². The van der Waals surface area contributed by atoms with Gasteiger partial charge in [-0.15, -0.1) is 0 Å². The predicted octanol–water partition coefficient (Wildman–Crippen LogP) is 3.00. The molecule has 2 nitrogen and oxygen atoms in total. The standard InChI is InChI=1S/C12H10ClNO/c1-8-10(3-2-4-11(8)13)9-5-6-14-12(15)7-9/h2-7H,1H3,(H,14,15). The second-order valence-corrected chi connectivity index (χ2v) is 3.76. The summed E-state index contributed by atoms with van der Waals surface area (Å²) in [4.78, 5) is 13.8. The first-order chi connectivity index (χ1) is 7.18. The summed E-state index contributed by atoms with van der Waals surface area (Å²) in [6, 6.07) is 9.11. The van der Waals surface area contributed by atoms with Gasteiger partial charge in [-0.3, -0.25) is 4.79 Å². The molecule has 0 aliphatic heterocycles. The summed E-state index contributed by atoms with van der Waals surface area (Å²) < 4.78 is 0. The van der Waals surface area contributed by atoms with Crippen molar-refractivity contribution < 1.29 is 0 Å². The number of aromatic amines is 1. The third-order valence-corrected chi connectivity index (χ3v) is 2.76. The van der Waals surface area contributed by atoms with Crippen molar-refractivity contribution in [2.24, 2.45) is 0 Å². The maximum atomic E-state index is 11.2. The highest BCUT2D eigenvalue weighted by Crippen LogP contribution is 2.26. The molecule has 0 atom stereocenters. The van der Waals surface area contributed by atoms with Crippen LogP contribution in [-0.2, 0) is 0 Å². The van der Waals surface area contributed by atoms with E-state index in [0.717, 1.165) is 16.7 Å². The number of benzene rings is 1. The van der Waals surface area contributed by atoms with E-state index in [1.165, 1.54) is 0 Å². The van der Waals surface area contributed by atoms with Crippen LogP contribution >= 0.6 is 11.6 Å². The van der Waals surface area contributed by atoms with E-state index in [0.29, 0.717) is 5.02 Å². The van der Waals surface area contributed by atoms with Gasteiger partial charge in [0.2, 0.25) is 5.56 Å². The van der Waals surface area contributed by atoms with Crippen molar-refractivity contribution >= 4 is 11.6 Å². The molecule has 1 N–H and O–H groups in total. The van der Waals surface area contributed by atoms with Gasteiger partial charge in [0.25, 0.3) is 0 Å². The van der Waals surface area contributed by atoms with Gasteiger partial charge in [-0.05, 0) is 35.7 Å². The van der Waals surface area contributed by atoms with Crippen LogP contribution in [0.25, 0.3) is 11.1 Å². The summed E-state index contributed by atoms with van der Waals surface area (Å²) in [5.74, 6) is 0. The number of rotatable bonds is 1. The number of pyridine rings is 1. The molecule has 0 saturated carbocycles. The van der Waals surface area contributed by atoms with Gasteiger partial charge in [0.05, 0.1) is 0 Å².